The van der Waals surface area contributed by atoms with Crippen LogP contribution in [0.5, 0.6) is 0 Å². The first-order chi connectivity index (χ1) is 5.29. The average Bonchev–Trinajstić information content (AvgIpc) is 2.30. The number of nitrogens with zero attached hydrogens (tertiary/aromatic N) is 3. The van der Waals surface area contributed by atoms with Gasteiger partial charge in [0.25, 0.3) is 12.0 Å². The molecule has 0 saturated carbocycles. The Labute approximate surface area is 87.1 Å². The summed E-state index contributed by atoms with van der Waals surface area (Å²) in [5.41, 5.74) is 1.83. The van der Waals surface area contributed by atoms with E-state index in [1.54, 1.807) is 6.33 Å². The van der Waals surface area contributed by atoms with Gasteiger partial charge in [-0.2, -0.15) is 0 Å². The molecule has 0 fully saturated rings. The predicted octanol–water partition coefficient (Wildman–Crippen LogP) is -2.91. The SMILES string of the molecule is Cc1nc2c[nH+]cnc2n1C.[I-]. The van der Waals surface area contributed by atoms with Crippen molar-refractivity contribution in [2.24, 2.45) is 7.05 Å². The van der Waals surface area contributed by atoms with E-state index in [-0.39, 0.29) is 24.0 Å². The molecule has 0 radical (unpaired) electrons. The fourth-order valence-corrected chi connectivity index (χ4v) is 1.09. The van der Waals surface area contributed by atoms with Crippen LogP contribution < -0.4 is 29.0 Å². The number of fused-ring (bicyclic) bond motifs is 1. The molecule has 4 nitrogen and oxygen atoms in total. The monoisotopic (exact) mass is 276 g/mol. The Hall–Kier alpha value is -0.720. The van der Waals surface area contributed by atoms with Crippen molar-refractivity contribution in [3.8, 4) is 0 Å². The van der Waals surface area contributed by atoms with Crippen molar-refractivity contribution in [3.05, 3.63) is 18.3 Å². The van der Waals surface area contributed by atoms with Crippen molar-refractivity contribution in [1.82, 2.24) is 14.5 Å². The Morgan fingerprint density at radius 3 is 2.92 bits per heavy atom. The lowest BCUT2D eigenvalue weighted by Gasteiger charge is -1.87. The lowest BCUT2D eigenvalue weighted by atomic mass is 10.6. The molecule has 0 amide bonds. The summed E-state index contributed by atoms with van der Waals surface area (Å²) in [4.78, 5) is 11.3. The lowest BCUT2D eigenvalue weighted by molar-refractivity contribution is -0.380. The summed E-state index contributed by atoms with van der Waals surface area (Å²) in [5, 5.41) is 0. The van der Waals surface area contributed by atoms with Crippen LogP contribution in [-0.2, 0) is 7.05 Å². The molecular formula is C7H9IN4. The van der Waals surface area contributed by atoms with E-state index in [2.05, 4.69) is 15.0 Å². The number of aryl methyl sites for hydroxylation is 2. The molecule has 2 rings (SSSR count). The van der Waals surface area contributed by atoms with Crippen molar-refractivity contribution in [1.29, 1.82) is 0 Å². The highest BCUT2D eigenvalue weighted by molar-refractivity contribution is 5.68. The van der Waals surface area contributed by atoms with E-state index >= 15 is 0 Å². The molecule has 64 valence electrons. The van der Waals surface area contributed by atoms with Gasteiger partial charge in [0.15, 0.2) is 5.52 Å². The summed E-state index contributed by atoms with van der Waals surface area (Å²) in [6.07, 6.45) is 3.50. The zero-order valence-corrected chi connectivity index (χ0v) is 9.03. The van der Waals surface area contributed by atoms with Gasteiger partial charge in [-0.3, -0.25) is 4.57 Å². The molecule has 2 aromatic heterocycles. The highest BCUT2D eigenvalue weighted by Crippen LogP contribution is 2.07. The van der Waals surface area contributed by atoms with E-state index in [4.69, 9.17) is 0 Å². The molecule has 0 aliphatic rings. The number of H-pyrrole nitrogens is 1. The van der Waals surface area contributed by atoms with Gasteiger partial charge < -0.3 is 24.0 Å². The van der Waals surface area contributed by atoms with Gasteiger partial charge in [0.1, 0.15) is 12.0 Å². The van der Waals surface area contributed by atoms with Crippen LogP contribution in [0.1, 0.15) is 5.82 Å². The number of aromatic amines is 1. The third kappa shape index (κ3) is 1.28. The zero-order valence-electron chi connectivity index (χ0n) is 6.87. The van der Waals surface area contributed by atoms with Crippen molar-refractivity contribution in [2.75, 3.05) is 0 Å². The molecule has 0 bridgehead atoms. The standard InChI is InChI=1S/C7H8N4.HI/c1-5-10-6-3-8-4-9-7(6)11(5)2;/h3-4H,1-2H3;1H. The Balaban J connectivity index is 0.000000720. The van der Waals surface area contributed by atoms with Gasteiger partial charge in [-0.15, -0.1) is 0 Å². The Morgan fingerprint density at radius 2 is 2.25 bits per heavy atom. The summed E-state index contributed by atoms with van der Waals surface area (Å²) < 4.78 is 1.96. The van der Waals surface area contributed by atoms with Gasteiger partial charge >= 0.3 is 0 Å². The maximum atomic E-state index is 4.28. The van der Waals surface area contributed by atoms with Crippen LogP contribution in [0.2, 0.25) is 0 Å². The molecule has 5 heteroatoms. The second-order valence-electron chi connectivity index (χ2n) is 2.50. The van der Waals surface area contributed by atoms with Gasteiger partial charge in [0.05, 0.1) is 0 Å². The van der Waals surface area contributed by atoms with Crippen molar-refractivity contribution in [3.63, 3.8) is 0 Å². The minimum Gasteiger partial charge on any atom is -1.00 e. The van der Waals surface area contributed by atoms with E-state index < -0.39 is 0 Å². The first-order valence-electron chi connectivity index (χ1n) is 3.44. The van der Waals surface area contributed by atoms with Crippen LogP contribution in [-0.4, -0.2) is 14.5 Å². The molecule has 2 heterocycles. The topological polar surface area (TPSA) is 44.9 Å². The Bertz CT molecular complexity index is 395. The summed E-state index contributed by atoms with van der Waals surface area (Å²) >= 11 is 0. The van der Waals surface area contributed by atoms with Gasteiger partial charge in [-0.25, -0.2) is 9.97 Å². The molecule has 0 atom stereocenters. The highest BCUT2D eigenvalue weighted by atomic mass is 127. The molecule has 12 heavy (non-hydrogen) atoms. The molecule has 0 aliphatic carbocycles. The molecule has 0 saturated heterocycles. The van der Waals surface area contributed by atoms with Gasteiger partial charge in [-0.05, 0) is 11.9 Å². The van der Waals surface area contributed by atoms with Gasteiger partial charge in [0, 0.05) is 7.05 Å². The van der Waals surface area contributed by atoms with E-state index in [1.807, 2.05) is 24.7 Å². The minimum absolute atomic E-state index is 0. The summed E-state index contributed by atoms with van der Waals surface area (Å²) in [6.45, 7) is 1.96. The minimum atomic E-state index is 0. The first-order valence-corrected chi connectivity index (χ1v) is 3.44. The van der Waals surface area contributed by atoms with Crippen LogP contribution in [0, 0.1) is 6.92 Å². The fraction of sp³-hybridized carbons (Fsp3) is 0.286. The largest absolute Gasteiger partial charge is 1.00 e. The smallest absolute Gasteiger partial charge is 0.286 e. The maximum absolute atomic E-state index is 4.28. The fourth-order valence-electron chi connectivity index (χ4n) is 1.09. The maximum Gasteiger partial charge on any atom is 0.286 e. The van der Waals surface area contributed by atoms with Gasteiger partial charge in [0.2, 0.25) is 0 Å². The first kappa shape index (κ1) is 9.37. The normalized spacial score (nSPS) is 9.83. The van der Waals surface area contributed by atoms with Crippen LogP contribution in [0.25, 0.3) is 11.2 Å². The van der Waals surface area contributed by atoms with E-state index in [0.29, 0.717) is 0 Å². The molecule has 0 aliphatic heterocycles. The molecule has 0 aromatic carbocycles. The summed E-state index contributed by atoms with van der Waals surface area (Å²) in [6, 6.07) is 0. The quantitative estimate of drug-likeness (QED) is 0.484. The van der Waals surface area contributed by atoms with Crippen LogP contribution in [0.15, 0.2) is 12.5 Å². The molecular weight excluding hydrogens is 267 g/mol. The van der Waals surface area contributed by atoms with Crippen LogP contribution in [0.3, 0.4) is 0 Å². The summed E-state index contributed by atoms with van der Waals surface area (Å²) in [5.74, 6) is 0.979. The lowest BCUT2D eigenvalue weighted by Crippen LogP contribution is -3.00. The van der Waals surface area contributed by atoms with E-state index in [9.17, 15) is 0 Å². The number of imidazole rings is 1. The molecule has 0 unspecified atom stereocenters. The van der Waals surface area contributed by atoms with Crippen molar-refractivity contribution < 1.29 is 29.0 Å². The van der Waals surface area contributed by atoms with Crippen molar-refractivity contribution >= 4 is 11.2 Å². The van der Waals surface area contributed by atoms with E-state index in [0.717, 1.165) is 17.0 Å². The Morgan fingerprint density at radius 1 is 1.50 bits per heavy atom. The second-order valence-corrected chi connectivity index (χ2v) is 2.50. The summed E-state index contributed by atoms with van der Waals surface area (Å²) in [7, 11) is 1.96. The third-order valence-electron chi connectivity index (χ3n) is 1.80. The van der Waals surface area contributed by atoms with Crippen LogP contribution in [0.4, 0.5) is 0 Å². The predicted molar refractivity (Wildman–Crippen MR) is 39.8 cm³/mol. The van der Waals surface area contributed by atoms with E-state index in [1.165, 1.54) is 0 Å². The molecule has 0 spiro atoms. The number of halogens is 1. The zero-order chi connectivity index (χ0) is 7.84. The number of hydrogen-bond donors (Lipinski definition) is 0. The highest BCUT2D eigenvalue weighted by Gasteiger charge is 2.08. The molecule has 2 aromatic rings. The second kappa shape index (κ2) is 3.34. The number of rotatable bonds is 0. The van der Waals surface area contributed by atoms with Crippen molar-refractivity contribution in [2.45, 2.75) is 6.92 Å². The van der Waals surface area contributed by atoms with Crippen LogP contribution >= 0.6 is 0 Å². The Kier molecular flexibility index (Phi) is 2.61. The average molecular weight is 276 g/mol. The number of aromatic nitrogens is 4. The number of hydrogen-bond acceptors (Lipinski definition) is 2. The third-order valence-corrected chi connectivity index (χ3v) is 1.80. The number of nitrogens with one attached hydrogen (secondary N) is 1. The molecule has 1 N–H and O–H groups in total. The van der Waals surface area contributed by atoms with Gasteiger partial charge in [-0.1, -0.05) is 0 Å².